The number of aromatic amines is 1. The molecule has 24 heavy (non-hydrogen) atoms. The number of nitrogens with one attached hydrogen (secondary N) is 1. The molecule has 0 radical (unpaired) electrons. The van der Waals surface area contributed by atoms with Gasteiger partial charge in [-0.2, -0.15) is 0 Å². The number of nitrogens with zero attached hydrogens (tertiary/aromatic N) is 3. The van der Waals surface area contributed by atoms with E-state index in [4.69, 9.17) is 4.74 Å². The Morgan fingerprint density at radius 3 is 2.75 bits per heavy atom. The first-order chi connectivity index (χ1) is 11.7. The molecule has 0 saturated heterocycles. The second-order valence-corrected chi connectivity index (χ2v) is 5.37. The molecule has 0 spiro atoms. The first-order valence-corrected chi connectivity index (χ1v) is 7.35. The molecule has 3 aromatic heterocycles. The number of hydrogen-bond acceptors (Lipinski definition) is 5. The van der Waals surface area contributed by atoms with Gasteiger partial charge in [-0.25, -0.2) is 9.67 Å². The zero-order valence-electron chi connectivity index (χ0n) is 12.9. The molecule has 0 unspecified atom stereocenters. The van der Waals surface area contributed by atoms with E-state index in [-0.39, 0.29) is 12.2 Å². The van der Waals surface area contributed by atoms with E-state index < -0.39 is 0 Å². The van der Waals surface area contributed by atoms with Gasteiger partial charge in [-0.3, -0.25) is 14.9 Å². The predicted molar refractivity (Wildman–Crippen MR) is 89.5 cm³/mol. The largest absolute Gasteiger partial charge is 0.481 e. The number of H-pyrrole nitrogens is 1. The number of methoxy groups -OCH3 is 1. The summed E-state index contributed by atoms with van der Waals surface area (Å²) in [5, 5.41) is 13.7. The van der Waals surface area contributed by atoms with Gasteiger partial charge in [0, 0.05) is 17.6 Å². The van der Waals surface area contributed by atoms with E-state index in [9.17, 15) is 9.90 Å². The van der Waals surface area contributed by atoms with Crippen LogP contribution in [0.3, 0.4) is 0 Å². The summed E-state index contributed by atoms with van der Waals surface area (Å²) in [6, 6.07) is 8.91. The van der Waals surface area contributed by atoms with E-state index in [2.05, 4.69) is 15.1 Å². The molecule has 4 rings (SSSR count). The average Bonchev–Trinajstić information content (AvgIpc) is 2.98. The molecule has 0 aliphatic rings. The van der Waals surface area contributed by atoms with Crippen LogP contribution >= 0.6 is 0 Å². The number of fused-ring (bicyclic) bond motifs is 3. The standard InChI is InChI=1S/C17H14N4O3/c1-24-15-5-3-11(7-19-15)21-17(23)13-8-18-14-6-10(9-22)2-4-12(14)16(13)20-21/h2-8,20,22H,9H2,1H3. The van der Waals surface area contributed by atoms with Crippen molar-refractivity contribution in [3.8, 4) is 11.6 Å². The Bertz CT molecular complexity index is 1100. The third-order valence-electron chi connectivity index (χ3n) is 3.96. The molecule has 0 bridgehead atoms. The third-order valence-corrected chi connectivity index (χ3v) is 3.96. The Kier molecular flexibility index (Phi) is 3.28. The molecule has 0 aliphatic carbocycles. The van der Waals surface area contributed by atoms with Crippen molar-refractivity contribution in [1.82, 2.24) is 19.7 Å². The van der Waals surface area contributed by atoms with Gasteiger partial charge >= 0.3 is 0 Å². The van der Waals surface area contributed by atoms with Crippen LogP contribution in [0.4, 0.5) is 0 Å². The molecule has 0 amide bonds. The van der Waals surface area contributed by atoms with Crippen molar-refractivity contribution in [3.63, 3.8) is 0 Å². The smallest absolute Gasteiger partial charge is 0.280 e. The Balaban J connectivity index is 1.95. The van der Waals surface area contributed by atoms with Gasteiger partial charge < -0.3 is 9.84 Å². The molecular formula is C17H14N4O3. The van der Waals surface area contributed by atoms with Gasteiger partial charge in [0.15, 0.2) is 0 Å². The van der Waals surface area contributed by atoms with Crippen LogP contribution in [0.2, 0.25) is 0 Å². The second-order valence-electron chi connectivity index (χ2n) is 5.37. The zero-order valence-corrected chi connectivity index (χ0v) is 12.9. The van der Waals surface area contributed by atoms with Crippen molar-refractivity contribution in [2.24, 2.45) is 0 Å². The van der Waals surface area contributed by atoms with E-state index in [0.29, 0.717) is 22.5 Å². The van der Waals surface area contributed by atoms with Gasteiger partial charge in [0.2, 0.25) is 5.88 Å². The number of pyridine rings is 2. The maximum Gasteiger partial charge on any atom is 0.280 e. The molecule has 2 N–H and O–H groups in total. The molecule has 7 heteroatoms. The highest BCUT2D eigenvalue weighted by Gasteiger charge is 2.12. The average molecular weight is 322 g/mol. The first kappa shape index (κ1) is 14.4. The summed E-state index contributed by atoms with van der Waals surface area (Å²) >= 11 is 0. The summed E-state index contributed by atoms with van der Waals surface area (Å²) in [6.45, 7) is -0.0509. The van der Waals surface area contributed by atoms with E-state index in [1.807, 2.05) is 12.1 Å². The van der Waals surface area contributed by atoms with Crippen molar-refractivity contribution < 1.29 is 9.84 Å². The van der Waals surface area contributed by atoms with E-state index >= 15 is 0 Å². The van der Waals surface area contributed by atoms with Crippen molar-refractivity contribution in [3.05, 3.63) is 58.6 Å². The van der Waals surface area contributed by atoms with Crippen LogP contribution in [0.5, 0.6) is 5.88 Å². The fourth-order valence-corrected chi connectivity index (χ4v) is 2.71. The van der Waals surface area contributed by atoms with Crippen molar-refractivity contribution in [1.29, 1.82) is 0 Å². The van der Waals surface area contributed by atoms with Gasteiger partial charge in [0.05, 0.1) is 42.0 Å². The molecule has 0 aliphatic heterocycles. The Labute approximate surface area is 136 Å². The summed E-state index contributed by atoms with van der Waals surface area (Å²) in [4.78, 5) is 21.1. The third kappa shape index (κ3) is 2.14. The number of aromatic nitrogens is 4. The lowest BCUT2D eigenvalue weighted by atomic mass is 10.1. The van der Waals surface area contributed by atoms with Crippen LogP contribution < -0.4 is 10.3 Å². The molecule has 4 aromatic rings. The molecule has 1 aromatic carbocycles. The van der Waals surface area contributed by atoms with Crippen LogP contribution in [-0.4, -0.2) is 32.0 Å². The van der Waals surface area contributed by atoms with Gasteiger partial charge in [-0.1, -0.05) is 12.1 Å². The summed E-state index contributed by atoms with van der Waals surface area (Å²) in [5.41, 5.74) is 2.60. The van der Waals surface area contributed by atoms with Crippen molar-refractivity contribution in [2.45, 2.75) is 6.61 Å². The topological polar surface area (TPSA) is 93.0 Å². The predicted octanol–water partition coefficient (Wildman–Crippen LogP) is 1.76. The molecule has 0 fully saturated rings. The lowest BCUT2D eigenvalue weighted by Gasteiger charge is -2.03. The highest BCUT2D eigenvalue weighted by Crippen LogP contribution is 2.22. The Morgan fingerprint density at radius 1 is 1.17 bits per heavy atom. The van der Waals surface area contributed by atoms with Crippen LogP contribution in [0.1, 0.15) is 5.56 Å². The van der Waals surface area contributed by atoms with Gasteiger partial charge in [0.25, 0.3) is 5.56 Å². The van der Waals surface area contributed by atoms with Crippen LogP contribution in [0, 0.1) is 0 Å². The van der Waals surface area contributed by atoms with Crippen LogP contribution in [-0.2, 0) is 6.61 Å². The van der Waals surface area contributed by atoms with E-state index in [1.54, 1.807) is 30.6 Å². The fraction of sp³-hybridized carbons (Fsp3) is 0.118. The summed E-state index contributed by atoms with van der Waals surface area (Å²) in [6.07, 6.45) is 3.11. The summed E-state index contributed by atoms with van der Waals surface area (Å²) in [5.74, 6) is 0.478. The van der Waals surface area contributed by atoms with Crippen LogP contribution in [0.25, 0.3) is 27.5 Å². The van der Waals surface area contributed by atoms with E-state index in [0.717, 1.165) is 16.5 Å². The van der Waals surface area contributed by atoms with Gasteiger partial charge in [0.1, 0.15) is 0 Å². The zero-order chi connectivity index (χ0) is 16.7. The lowest BCUT2D eigenvalue weighted by Crippen LogP contribution is -2.14. The Hall–Kier alpha value is -3.19. The summed E-state index contributed by atoms with van der Waals surface area (Å²) in [7, 11) is 1.54. The Morgan fingerprint density at radius 2 is 2.04 bits per heavy atom. The number of rotatable bonds is 3. The highest BCUT2D eigenvalue weighted by atomic mass is 16.5. The van der Waals surface area contributed by atoms with Crippen LogP contribution in [0.15, 0.2) is 47.5 Å². The number of ether oxygens (including phenoxy) is 1. The number of aliphatic hydroxyl groups is 1. The SMILES string of the molecule is COc1ccc(-n2[nH]c3c(cnc4cc(CO)ccc43)c2=O)cn1. The minimum Gasteiger partial charge on any atom is -0.481 e. The molecular weight excluding hydrogens is 308 g/mol. The molecule has 120 valence electrons. The quantitative estimate of drug-likeness (QED) is 0.599. The van der Waals surface area contributed by atoms with Crippen molar-refractivity contribution in [2.75, 3.05) is 7.11 Å². The molecule has 3 heterocycles. The van der Waals surface area contributed by atoms with Crippen molar-refractivity contribution >= 4 is 21.8 Å². The first-order valence-electron chi connectivity index (χ1n) is 7.35. The minimum atomic E-state index is -0.197. The molecule has 7 nitrogen and oxygen atoms in total. The highest BCUT2D eigenvalue weighted by molar-refractivity contribution is 6.02. The number of benzene rings is 1. The van der Waals surface area contributed by atoms with E-state index in [1.165, 1.54) is 11.8 Å². The maximum atomic E-state index is 12.6. The maximum absolute atomic E-state index is 12.6. The monoisotopic (exact) mass is 322 g/mol. The normalized spacial score (nSPS) is 11.2. The lowest BCUT2D eigenvalue weighted by molar-refractivity contribution is 0.282. The van der Waals surface area contributed by atoms with Gasteiger partial charge in [-0.05, 0) is 17.7 Å². The molecule has 0 saturated carbocycles. The number of hydrogen-bond donors (Lipinski definition) is 2. The van der Waals surface area contributed by atoms with Gasteiger partial charge in [-0.15, -0.1) is 0 Å². The second kappa shape index (κ2) is 5.47. The number of aliphatic hydroxyl groups excluding tert-OH is 1. The fourth-order valence-electron chi connectivity index (χ4n) is 2.71. The minimum absolute atomic E-state index is 0.0509. The summed E-state index contributed by atoms with van der Waals surface area (Å²) < 4.78 is 6.46. The molecule has 0 atom stereocenters.